The van der Waals surface area contributed by atoms with Crippen LogP contribution >= 0.6 is 39.1 Å². The van der Waals surface area contributed by atoms with Crippen molar-refractivity contribution < 1.29 is 29.7 Å². The van der Waals surface area contributed by atoms with Crippen LogP contribution in [0, 0.1) is 121 Å². The van der Waals surface area contributed by atoms with Crippen LogP contribution in [0.5, 0.6) is 0 Å². The van der Waals surface area contributed by atoms with Crippen LogP contribution in [-0.4, -0.2) is 84.3 Å². The quantitative estimate of drug-likeness (QED) is 0.123. The summed E-state index contributed by atoms with van der Waals surface area (Å²) in [4.78, 5) is 48.7. The van der Waals surface area contributed by atoms with E-state index in [1.54, 1.807) is 28.0 Å². The maximum Gasteiger partial charge on any atom is 0.157 e. The summed E-state index contributed by atoms with van der Waals surface area (Å²) in [5.41, 5.74) is 3.44. The molecule has 0 spiro atoms. The Kier molecular flexibility index (Phi) is 22.2. The van der Waals surface area contributed by atoms with Crippen molar-refractivity contribution in [2.45, 2.75) is 307 Å². The number of alkyl halides is 1. The molecule has 15 heteroatoms. The fraction of sp³-hybridized carbons (Fsp3) is 0.821. The number of fused-ring (bicyclic) bond motifs is 17. The molecule has 4 aromatic heterocycles. The highest BCUT2D eigenvalue weighted by atomic mass is 79.9. The molecule has 12 saturated carbocycles. The van der Waals surface area contributed by atoms with Crippen molar-refractivity contribution >= 4 is 78.5 Å². The highest BCUT2D eigenvalue weighted by Crippen LogP contribution is 2.73. The Morgan fingerprint density at radius 2 is 0.848 bits per heavy atom. The number of aromatic nitrogens is 6. The summed E-state index contributed by atoms with van der Waals surface area (Å²) in [6.45, 7) is 21.3. The van der Waals surface area contributed by atoms with Gasteiger partial charge in [0.2, 0.25) is 0 Å². The van der Waals surface area contributed by atoms with Crippen molar-refractivity contribution in [2.24, 2.45) is 121 Å². The fourth-order valence-electron chi connectivity index (χ4n) is 28.1. The number of carbonyl (C=O) groups excluding carboxylic acids is 3. The monoisotopic (exact) mass is 1470 g/mol. The van der Waals surface area contributed by atoms with E-state index < -0.39 is 16.8 Å². The summed E-state index contributed by atoms with van der Waals surface area (Å²) >= 11 is 15.7. The van der Waals surface area contributed by atoms with E-state index in [-0.39, 0.29) is 56.3 Å². The summed E-state index contributed by atoms with van der Waals surface area (Å²) in [5, 5.41) is 43.1. The molecule has 12 nitrogen and oxygen atoms in total. The average Bonchev–Trinajstić information content (AvgIpc) is 1.71. The number of halogens is 3. The Balaban J connectivity index is 0.000000150. The van der Waals surface area contributed by atoms with E-state index in [1.165, 1.54) is 128 Å². The van der Waals surface area contributed by atoms with E-state index in [4.69, 9.17) is 23.2 Å². The standard InChI is InChI=1S/2C29H40ClN3O2.C23H37BrO2.3CH4/c1-4-29-12-11-27(2,35)14-18(29)5-6-20-21-7-8-23(28(21,3)10-9-22(20)29)26(34)17-33-25-13-19(30)15-31-24(25)16-32-33;1-4-29-12-11-27(2,35)14-18(29)5-6-20-21-7-8-23(28(21,3)10-9-22(20)29)26(34)17-33-16-25-24(32-33)13-19(30)15-31-25;1-4-23-12-11-21(2,26)13-15(23)5-6-16-17-7-8-19(20(25)14-24)22(17,3)10-9-18(16)23;;;/h2*13,15-16,18,20-23,35H,4-12,14,17H2,1-3H3;15-19,26H,4-14H2,1-3H3;3*1H4/t2*18-,20-,21-,22-,23+,27+,28-,29-;15-,16-,17-,18-,19+,21+,22-,23-;;;/m000.../s1. The third kappa shape index (κ3) is 13.1. The van der Waals surface area contributed by atoms with Crippen LogP contribution in [0.15, 0.2) is 36.9 Å². The van der Waals surface area contributed by atoms with Crippen molar-refractivity contribution in [2.75, 3.05) is 5.33 Å². The minimum absolute atomic E-state index is 0. The van der Waals surface area contributed by atoms with Crippen molar-refractivity contribution in [3.8, 4) is 0 Å². The first-order valence-corrected chi connectivity index (χ1v) is 40.7. The molecule has 3 N–H and O–H groups in total. The minimum Gasteiger partial charge on any atom is -0.390 e. The third-order valence-corrected chi connectivity index (χ3v) is 33.7. The van der Waals surface area contributed by atoms with Crippen molar-refractivity contribution in [3.63, 3.8) is 0 Å². The van der Waals surface area contributed by atoms with E-state index in [9.17, 15) is 29.7 Å². The number of carbonyl (C=O) groups is 3. The Morgan fingerprint density at radius 1 is 0.465 bits per heavy atom. The number of aliphatic hydroxyl groups is 3. The maximum absolute atomic E-state index is 13.7. The SMILES string of the molecule is C.C.C.CC[C@]12CC[C@@](C)(O)C[C@@H]1CC[C@H]1[C@@H]3CC[C@H](C(=O)CBr)[C@@]3(C)CC[C@@H]12.CC[C@]12CC[C@@](C)(O)C[C@@H]1CC[C@H]1[C@@H]3CC[C@H](C(=O)Cn4cc5ncc(Cl)cc5n4)[C@@]3(C)CC[C@@H]12.CC[C@]12CC[C@@](C)(O)C[C@@H]1CC[C@H]1[C@@H]3CC[C@H](C(=O)Cn4ncc5ncc(Cl)cc54)[C@@]3(C)CC[C@@H]12. The molecule has 0 unspecified atom stereocenters. The molecule has 12 fully saturated rings. The Labute approximate surface area is 614 Å². The zero-order chi connectivity index (χ0) is 67.9. The number of pyridine rings is 2. The summed E-state index contributed by atoms with van der Waals surface area (Å²) in [7, 11) is 0. The average molecular weight is 1470 g/mol. The van der Waals surface area contributed by atoms with Gasteiger partial charge in [0.1, 0.15) is 28.9 Å². The maximum atomic E-state index is 13.7. The van der Waals surface area contributed by atoms with Gasteiger partial charge < -0.3 is 15.3 Å². The first-order chi connectivity index (χ1) is 45.6. The van der Waals surface area contributed by atoms with Gasteiger partial charge in [-0.1, -0.05) is 103 Å². The first-order valence-electron chi connectivity index (χ1n) is 38.9. The Morgan fingerprint density at radius 3 is 1.25 bits per heavy atom. The number of nitrogens with zero attached hydrogens (tertiary/aromatic N) is 6. The fourth-order valence-corrected chi connectivity index (χ4v) is 28.8. The summed E-state index contributed by atoms with van der Waals surface area (Å²) in [6.07, 6.45) is 41.9. The van der Waals surface area contributed by atoms with Gasteiger partial charge in [0.15, 0.2) is 11.6 Å². The van der Waals surface area contributed by atoms with E-state index in [1.807, 2.05) is 18.3 Å². The lowest BCUT2D eigenvalue weighted by Gasteiger charge is -2.63. The van der Waals surface area contributed by atoms with Crippen LogP contribution in [0.4, 0.5) is 0 Å². The van der Waals surface area contributed by atoms with E-state index in [0.717, 1.165) is 128 Å². The van der Waals surface area contributed by atoms with Crippen LogP contribution in [0.25, 0.3) is 22.1 Å². The lowest BCUT2D eigenvalue weighted by Crippen LogP contribution is -2.56. The van der Waals surface area contributed by atoms with E-state index >= 15 is 0 Å². The third-order valence-electron chi connectivity index (χ3n) is 32.7. The Bertz CT molecular complexity index is 3560. The number of rotatable bonds is 11. The molecule has 12 aliphatic carbocycles. The largest absolute Gasteiger partial charge is 0.390 e. The molecule has 0 bridgehead atoms. The zero-order valence-corrected chi connectivity index (χ0v) is 62.9. The predicted octanol–water partition coefficient (Wildman–Crippen LogP) is 20.6. The molecule has 99 heavy (non-hydrogen) atoms. The molecule has 0 radical (unpaired) electrons. The van der Waals surface area contributed by atoms with Crippen LogP contribution in [0.3, 0.4) is 0 Å². The molecule has 0 aliphatic heterocycles. The molecule has 4 aromatic rings. The lowest BCUT2D eigenvalue weighted by molar-refractivity contribution is -0.158. The number of ketones is 3. The molecule has 0 aromatic carbocycles. The molecular formula is C84H129BrCl2N6O6. The molecule has 16 rings (SSSR count). The number of Topliss-reactive ketones (excluding diaryl/α,β-unsaturated/α-hetero) is 3. The van der Waals surface area contributed by atoms with Crippen LogP contribution in [-0.2, 0) is 27.5 Å². The zero-order valence-electron chi connectivity index (χ0n) is 59.8. The molecule has 552 valence electrons. The van der Waals surface area contributed by atoms with Crippen molar-refractivity contribution in [3.05, 3.63) is 47.0 Å². The molecule has 0 amide bonds. The van der Waals surface area contributed by atoms with Gasteiger partial charge in [-0.15, -0.1) is 0 Å². The molecule has 12 aliphatic rings. The number of hydrogen-bond donors (Lipinski definition) is 3. The van der Waals surface area contributed by atoms with E-state index in [0.29, 0.717) is 91.6 Å². The lowest BCUT2D eigenvalue weighted by atomic mass is 9.42. The Hall–Kier alpha value is -2.81. The van der Waals surface area contributed by atoms with Gasteiger partial charge in [-0.2, -0.15) is 10.2 Å². The molecular weight excluding hydrogens is 1340 g/mol. The van der Waals surface area contributed by atoms with Gasteiger partial charge in [0.05, 0.1) is 56.6 Å². The normalized spacial score (nSPS) is 44.4. The van der Waals surface area contributed by atoms with Crippen LogP contribution in [0.1, 0.15) is 277 Å². The molecule has 0 saturated heterocycles. The molecule has 24 atom stereocenters. The predicted molar refractivity (Wildman–Crippen MR) is 405 cm³/mol. The van der Waals surface area contributed by atoms with Gasteiger partial charge in [0, 0.05) is 30.1 Å². The summed E-state index contributed by atoms with van der Waals surface area (Å²) in [5.74, 6) is 10.4. The second-order valence-corrected chi connectivity index (χ2v) is 38.1. The highest BCUT2D eigenvalue weighted by molar-refractivity contribution is 9.09. The topological polar surface area (TPSA) is 173 Å². The smallest absolute Gasteiger partial charge is 0.157 e. The van der Waals surface area contributed by atoms with Gasteiger partial charge >= 0.3 is 0 Å². The van der Waals surface area contributed by atoms with Crippen molar-refractivity contribution in [1.29, 1.82) is 0 Å². The minimum atomic E-state index is -0.485. The van der Waals surface area contributed by atoms with Crippen LogP contribution in [0.2, 0.25) is 10.0 Å². The number of hydrogen-bond acceptors (Lipinski definition) is 10. The van der Waals surface area contributed by atoms with E-state index in [2.05, 4.69) is 98.4 Å². The van der Waals surface area contributed by atoms with Gasteiger partial charge in [-0.3, -0.25) is 33.7 Å². The van der Waals surface area contributed by atoms with Gasteiger partial charge in [0.25, 0.3) is 0 Å². The van der Waals surface area contributed by atoms with Gasteiger partial charge in [-0.25, -0.2) is 0 Å². The summed E-state index contributed by atoms with van der Waals surface area (Å²) < 4.78 is 3.56. The highest BCUT2D eigenvalue weighted by Gasteiger charge is 2.66. The summed E-state index contributed by atoms with van der Waals surface area (Å²) in [6, 6.07) is 3.67. The van der Waals surface area contributed by atoms with Crippen LogP contribution < -0.4 is 0 Å². The first kappa shape index (κ1) is 77.3. The van der Waals surface area contributed by atoms with Crippen molar-refractivity contribution in [1.82, 2.24) is 29.5 Å². The second kappa shape index (κ2) is 28.5. The van der Waals surface area contributed by atoms with Gasteiger partial charge in [-0.05, 0) is 329 Å². The second-order valence-electron chi connectivity index (χ2n) is 36.6. The molecule has 4 heterocycles.